The maximum atomic E-state index is 13.0. The lowest BCUT2D eigenvalue weighted by Crippen LogP contribution is -2.14. The molecule has 1 aromatic heterocycles. The second-order valence-electron chi connectivity index (χ2n) is 8.15. The molecular weight excluding hydrogens is 406 g/mol. The first-order chi connectivity index (χ1) is 15.4. The van der Waals surface area contributed by atoms with Gasteiger partial charge in [0.15, 0.2) is 5.76 Å². The number of anilines is 1. The van der Waals surface area contributed by atoms with Gasteiger partial charge in [0.25, 0.3) is 0 Å². The summed E-state index contributed by atoms with van der Waals surface area (Å²) in [6, 6.07) is 11.0. The minimum atomic E-state index is -0.205. The fourth-order valence-corrected chi connectivity index (χ4v) is 3.90. The van der Waals surface area contributed by atoms with Crippen molar-refractivity contribution in [2.45, 2.75) is 19.9 Å². The third-order valence-corrected chi connectivity index (χ3v) is 5.40. The van der Waals surface area contributed by atoms with E-state index in [0.29, 0.717) is 17.0 Å². The zero-order valence-electron chi connectivity index (χ0n) is 18.8. The zero-order valence-corrected chi connectivity index (χ0v) is 18.8. The maximum Gasteiger partial charge on any atom is 0.232 e. The minimum absolute atomic E-state index is 0.192. The Morgan fingerprint density at radius 3 is 2.75 bits per heavy atom. The van der Waals surface area contributed by atoms with Crippen LogP contribution in [0.15, 0.2) is 48.4 Å². The number of fused-ring (bicyclic) bond motifs is 2. The summed E-state index contributed by atoms with van der Waals surface area (Å²) < 4.78 is 13.5. The number of ether oxygens (including phenoxy) is 2. The lowest BCUT2D eigenvalue weighted by atomic mass is 10.1. The number of benzene rings is 2. The predicted molar refractivity (Wildman–Crippen MR) is 125 cm³/mol. The number of Topliss-reactive ketones (excluding diaryl/α,β-unsaturated/α-hetero) is 1. The summed E-state index contributed by atoms with van der Waals surface area (Å²) >= 11 is 0. The van der Waals surface area contributed by atoms with E-state index in [1.807, 2.05) is 18.2 Å². The summed E-state index contributed by atoms with van der Waals surface area (Å²) in [5.74, 6) is 1.11. The SMILES string of the molecule is COc1ccc2c(c1)c(/C=C1\Oc3ccc(NC(C)=O)cc3C1=O)cn2CCCN(C)C. The topological polar surface area (TPSA) is 72.8 Å². The van der Waals surface area contributed by atoms with Crippen molar-refractivity contribution in [3.8, 4) is 11.5 Å². The van der Waals surface area contributed by atoms with Crippen LogP contribution in [0.3, 0.4) is 0 Å². The highest BCUT2D eigenvalue weighted by Gasteiger charge is 2.28. The van der Waals surface area contributed by atoms with Gasteiger partial charge < -0.3 is 24.3 Å². The summed E-state index contributed by atoms with van der Waals surface area (Å²) in [5, 5.41) is 3.69. The van der Waals surface area contributed by atoms with Gasteiger partial charge in [-0.1, -0.05) is 0 Å². The predicted octanol–water partition coefficient (Wildman–Crippen LogP) is 4.18. The van der Waals surface area contributed by atoms with Crippen molar-refractivity contribution in [1.29, 1.82) is 0 Å². The number of carbonyl (C=O) groups excluding carboxylic acids is 2. The van der Waals surface area contributed by atoms with Crippen LogP contribution in [0.1, 0.15) is 29.3 Å². The van der Waals surface area contributed by atoms with Gasteiger partial charge in [-0.25, -0.2) is 0 Å². The molecule has 0 radical (unpaired) electrons. The molecule has 3 aromatic rings. The van der Waals surface area contributed by atoms with E-state index in [1.165, 1.54) is 6.92 Å². The molecule has 1 aliphatic heterocycles. The Bertz CT molecular complexity index is 1220. The number of allylic oxidation sites excluding steroid dienone is 1. The normalized spacial score (nSPS) is 14.2. The zero-order chi connectivity index (χ0) is 22.8. The Balaban J connectivity index is 1.69. The number of hydrogen-bond acceptors (Lipinski definition) is 5. The Labute approximate surface area is 187 Å². The Kier molecular flexibility index (Phi) is 6.01. The van der Waals surface area contributed by atoms with Gasteiger partial charge in [-0.3, -0.25) is 9.59 Å². The maximum absolute atomic E-state index is 13.0. The van der Waals surface area contributed by atoms with Crippen LogP contribution in [0.5, 0.6) is 11.5 Å². The van der Waals surface area contributed by atoms with E-state index in [0.717, 1.165) is 41.7 Å². The molecule has 2 heterocycles. The van der Waals surface area contributed by atoms with Crippen molar-refractivity contribution < 1.29 is 19.1 Å². The first kappa shape index (κ1) is 21.6. The molecule has 1 amide bonds. The number of methoxy groups -OCH3 is 1. The number of aromatic nitrogens is 1. The quantitative estimate of drug-likeness (QED) is 0.566. The van der Waals surface area contributed by atoms with E-state index in [9.17, 15) is 9.59 Å². The molecule has 0 atom stereocenters. The second-order valence-corrected chi connectivity index (χ2v) is 8.15. The van der Waals surface area contributed by atoms with Gasteiger partial charge in [-0.15, -0.1) is 0 Å². The molecule has 0 bridgehead atoms. The molecule has 32 heavy (non-hydrogen) atoms. The van der Waals surface area contributed by atoms with Gasteiger partial charge in [-0.05, 0) is 69.5 Å². The summed E-state index contributed by atoms with van der Waals surface area (Å²) in [4.78, 5) is 26.5. The first-order valence-corrected chi connectivity index (χ1v) is 10.5. The second kappa shape index (κ2) is 8.88. The van der Waals surface area contributed by atoms with Gasteiger partial charge >= 0.3 is 0 Å². The van der Waals surface area contributed by atoms with Gasteiger partial charge in [-0.2, -0.15) is 0 Å². The minimum Gasteiger partial charge on any atom is -0.497 e. The van der Waals surface area contributed by atoms with Crippen LogP contribution in [0.4, 0.5) is 5.69 Å². The number of aryl methyl sites for hydroxylation is 1. The number of rotatable bonds is 7. The van der Waals surface area contributed by atoms with E-state index in [2.05, 4.69) is 35.1 Å². The monoisotopic (exact) mass is 433 g/mol. The van der Waals surface area contributed by atoms with Crippen molar-refractivity contribution in [2.75, 3.05) is 33.1 Å². The number of ketones is 1. The van der Waals surface area contributed by atoms with Gasteiger partial charge in [0.1, 0.15) is 11.5 Å². The molecule has 4 rings (SSSR count). The number of hydrogen-bond donors (Lipinski definition) is 1. The number of amides is 1. The fraction of sp³-hybridized carbons (Fsp3) is 0.280. The Morgan fingerprint density at radius 2 is 2.03 bits per heavy atom. The smallest absolute Gasteiger partial charge is 0.232 e. The molecule has 7 nitrogen and oxygen atoms in total. The molecule has 2 aromatic carbocycles. The molecule has 7 heteroatoms. The van der Waals surface area contributed by atoms with Crippen molar-refractivity contribution in [2.24, 2.45) is 0 Å². The largest absolute Gasteiger partial charge is 0.497 e. The third kappa shape index (κ3) is 4.38. The van der Waals surface area contributed by atoms with Gasteiger partial charge in [0.05, 0.1) is 12.7 Å². The summed E-state index contributed by atoms with van der Waals surface area (Å²) in [5.41, 5.74) is 2.97. The third-order valence-electron chi connectivity index (χ3n) is 5.40. The standard InChI is InChI=1S/C25H27N3O4/c1-16(29)26-18-6-9-23-21(13-18)25(30)24(32-23)12-17-15-28(11-5-10-27(2)3)22-8-7-19(31-4)14-20(17)22/h6-9,12-15H,5,10-11H2,1-4H3,(H,26,29)/b24-12-. The molecule has 0 saturated carbocycles. The lowest BCUT2D eigenvalue weighted by molar-refractivity contribution is -0.114. The van der Waals surface area contributed by atoms with Crippen LogP contribution in [-0.2, 0) is 11.3 Å². The van der Waals surface area contributed by atoms with E-state index >= 15 is 0 Å². The molecule has 0 aliphatic carbocycles. The first-order valence-electron chi connectivity index (χ1n) is 10.5. The number of nitrogens with zero attached hydrogens (tertiary/aromatic N) is 2. The lowest BCUT2D eigenvalue weighted by Gasteiger charge is -2.10. The van der Waals surface area contributed by atoms with Crippen LogP contribution in [-0.4, -0.2) is 48.9 Å². The molecular formula is C25H27N3O4. The van der Waals surface area contributed by atoms with Crippen LogP contribution in [0.25, 0.3) is 17.0 Å². The summed E-state index contributed by atoms with van der Waals surface area (Å²) in [6.45, 7) is 3.28. The molecule has 1 N–H and O–H groups in total. The van der Waals surface area contributed by atoms with Crippen LogP contribution >= 0.6 is 0 Å². The summed E-state index contributed by atoms with van der Waals surface area (Å²) in [6.07, 6.45) is 4.84. The molecule has 0 saturated heterocycles. The molecule has 0 fully saturated rings. The molecule has 166 valence electrons. The van der Waals surface area contributed by atoms with Crippen LogP contribution in [0.2, 0.25) is 0 Å². The number of nitrogens with one attached hydrogen (secondary N) is 1. The molecule has 1 aliphatic rings. The highest BCUT2D eigenvalue weighted by atomic mass is 16.5. The van der Waals surface area contributed by atoms with Gasteiger partial charge in [0.2, 0.25) is 11.7 Å². The van der Waals surface area contributed by atoms with E-state index in [-0.39, 0.29) is 17.4 Å². The average Bonchev–Trinajstić information content (AvgIpc) is 3.25. The van der Waals surface area contributed by atoms with Crippen LogP contribution < -0.4 is 14.8 Å². The van der Waals surface area contributed by atoms with Crippen molar-refractivity contribution in [3.63, 3.8) is 0 Å². The molecule has 0 spiro atoms. The van der Waals surface area contributed by atoms with E-state index in [4.69, 9.17) is 9.47 Å². The fourth-order valence-electron chi connectivity index (χ4n) is 3.90. The summed E-state index contributed by atoms with van der Waals surface area (Å²) in [7, 11) is 5.76. The Hall–Kier alpha value is -3.58. The average molecular weight is 434 g/mol. The highest BCUT2D eigenvalue weighted by Crippen LogP contribution is 2.35. The van der Waals surface area contributed by atoms with Crippen molar-refractivity contribution >= 4 is 34.4 Å². The Morgan fingerprint density at radius 1 is 1.22 bits per heavy atom. The van der Waals surface area contributed by atoms with E-state index < -0.39 is 0 Å². The van der Waals surface area contributed by atoms with Crippen LogP contribution in [0, 0.1) is 0 Å². The van der Waals surface area contributed by atoms with Crippen molar-refractivity contribution in [3.05, 3.63) is 59.5 Å². The van der Waals surface area contributed by atoms with Crippen molar-refractivity contribution in [1.82, 2.24) is 9.47 Å². The highest BCUT2D eigenvalue weighted by molar-refractivity contribution is 6.15. The molecule has 0 unspecified atom stereocenters. The number of carbonyl (C=O) groups is 2. The van der Waals surface area contributed by atoms with Gasteiger partial charge in [0, 0.05) is 41.8 Å². The van der Waals surface area contributed by atoms with E-state index in [1.54, 1.807) is 31.4 Å².